The van der Waals surface area contributed by atoms with E-state index in [2.05, 4.69) is 30.9 Å². The molecule has 1 fully saturated rings. The maximum atomic E-state index is 13.0. The van der Waals surface area contributed by atoms with Crippen LogP contribution in [0.15, 0.2) is 28.9 Å². The first-order chi connectivity index (χ1) is 17.0. The van der Waals surface area contributed by atoms with Gasteiger partial charge in [0.2, 0.25) is 11.7 Å². The van der Waals surface area contributed by atoms with Gasteiger partial charge in [-0.2, -0.15) is 23.3 Å². The van der Waals surface area contributed by atoms with Crippen LogP contribution in [-0.4, -0.2) is 49.1 Å². The summed E-state index contributed by atoms with van der Waals surface area (Å²) in [6, 6.07) is 2.97. The summed E-state index contributed by atoms with van der Waals surface area (Å²) < 4.78 is 45.1. The fourth-order valence-electron chi connectivity index (χ4n) is 3.48. The van der Waals surface area contributed by atoms with Crippen molar-refractivity contribution < 1.29 is 27.3 Å². The van der Waals surface area contributed by atoms with E-state index in [0.29, 0.717) is 12.6 Å². The van der Waals surface area contributed by atoms with Crippen molar-refractivity contribution in [2.24, 2.45) is 0 Å². The summed E-state index contributed by atoms with van der Waals surface area (Å²) in [6.07, 6.45) is -3.40. The molecule has 4 heterocycles. The summed E-state index contributed by atoms with van der Waals surface area (Å²) in [5.74, 6) is -0.845. The number of hydrogen-bond acceptors (Lipinski definition) is 7. The number of aromatic nitrogens is 5. The highest BCUT2D eigenvalue weighted by atomic mass is 35.5. The molecule has 0 radical (unpaired) electrons. The molecule has 1 aromatic carbocycles. The van der Waals surface area contributed by atoms with Crippen LogP contribution in [0, 0.1) is 0 Å². The summed E-state index contributed by atoms with van der Waals surface area (Å²) in [7, 11) is 0. The lowest BCUT2D eigenvalue weighted by Crippen LogP contribution is -2.36. The smallest absolute Gasteiger partial charge is 0.354 e. The number of nitrogens with one attached hydrogen (secondary N) is 2. The zero-order chi connectivity index (χ0) is 25.8. The van der Waals surface area contributed by atoms with Crippen LogP contribution in [0.4, 0.5) is 13.2 Å². The Kier molecular flexibility index (Phi) is 6.01. The Bertz CT molecular complexity index is 1540. The van der Waals surface area contributed by atoms with Crippen molar-refractivity contribution in [3.8, 4) is 23.0 Å². The van der Waals surface area contributed by atoms with E-state index in [0.717, 1.165) is 10.7 Å². The Balaban J connectivity index is 1.43. The average Bonchev–Trinajstić information content (AvgIpc) is 3.54. The van der Waals surface area contributed by atoms with E-state index >= 15 is 0 Å². The van der Waals surface area contributed by atoms with E-state index in [-0.39, 0.29) is 67.6 Å². The van der Waals surface area contributed by atoms with Gasteiger partial charge in [0.25, 0.3) is 11.8 Å². The second-order valence-corrected chi connectivity index (χ2v) is 8.90. The van der Waals surface area contributed by atoms with Crippen LogP contribution < -0.4 is 10.6 Å². The van der Waals surface area contributed by atoms with Crippen LogP contribution in [0.5, 0.6) is 0 Å². The Labute approximate surface area is 213 Å². The number of rotatable bonds is 4. The molecule has 0 saturated carbocycles. The molecule has 2 N–H and O–H groups in total. The first kappa shape index (κ1) is 24.3. The molecule has 16 heteroatoms. The lowest BCUT2D eigenvalue weighted by molar-refractivity contribution is -0.141. The summed E-state index contributed by atoms with van der Waals surface area (Å²) in [5.41, 5.74) is -0.924. The molecule has 5 rings (SSSR count). The molecule has 1 unspecified atom stereocenters. The van der Waals surface area contributed by atoms with Crippen molar-refractivity contribution in [2.45, 2.75) is 18.6 Å². The topological polar surface area (TPSA) is 127 Å². The van der Waals surface area contributed by atoms with Crippen LogP contribution in [0.25, 0.3) is 28.6 Å². The van der Waals surface area contributed by atoms with Crippen molar-refractivity contribution in [3.63, 3.8) is 0 Å². The van der Waals surface area contributed by atoms with Crippen molar-refractivity contribution >= 4 is 52.3 Å². The SMILES string of the molecule is O=C1CC(NC(=O)c2cc(Cl)c(-c3noc(-c4cn5nc(C(F)(F)F)cc(Cl)c5n4)n3)cc2Cl)CN1. The zero-order valence-corrected chi connectivity index (χ0v) is 19.8. The number of amides is 2. The van der Waals surface area contributed by atoms with Gasteiger partial charge in [0.05, 0.1) is 32.9 Å². The molecule has 36 heavy (non-hydrogen) atoms. The standard InChI is InChI=1S/C20H11Cl3F3N7O3/c21-10-3-9(18(35)28-7-1-15(34)27-5-7)11(22)2-8(10)16-30-19(36-32-16)13-6-33-17(29-13)12(23)4-14(31-33)20(24,25)26/h2-4,6-7H,1,5H2,(H,27,34)(H,28,35). The van der Waals surface area contributed by atoms with Crippen molar-refractivity contribution in [3.05, 3.63) is 50.7 Å². The minimum Gasteiger partial charge on any atom is -0.354 e. The molecule has 0 spiro atoms. The summed E-state index contributed by atoms with van der Waals surface area (Å²) in [4.78, 5) is 32.2. The lowest BCUT2D eigenvalue weighted by atomic mass is 10.1. The van der Waals surface area contributed by atoms with E-state index < -0.39 is 17.8 Å². The molecule has 3 aromatic heterocycles. The molecule has 186 valence electrons. The Morgan fingerprint density at radius 3 is 2.61 bits per heavy atom. The minimum atomic E-state index is -4.70. The first-order valence-corrected chi connectivity index (χ1v) is 11.2. The monoisotopic (exact) mass is 559 g/mol. The fraction of sp³-hybridized carbons (Fsp3) is 0.200. The Morgan fingerprint density at radius 1 is 1.14 bits per heavy atom. The second kappa shape index (κ2) is 8.91. The number of imidazole rings is 1. The maximum Gasteiger partial charge on any atom is 0.435 e. The number of hydrogen-bond donors (Lipinski definition) is 2. The number of halogens is 6. The molecule has 2 amide bonds. The highest BCUT2D eigenvalue weighted by Crippen LogP contribution is 2.34. The molecular weight excluding hydrogens is 550 g/mol. The van der Waals surface area contributed by atoms with Gasteiger partial charge in [0.1, 0.15) is 5.69 Å². The van der Waals surface area contributed by atoms with Crippen molar-refractivity contribution in [1.82, 2.24) is 35.4 Å². The molecule has 1 saturated heterocycles. The summed E-state index contributed by atoms with van der Waals surface area (Å²) in [6.45, 7) is 0.307. The van der Waals surface area contributed by atoms with Gasteiger partial charge in [-0.3, -0.25) is 9.59 Å². The lowest BCUT2D eigenvalue weighted by Gasteiger charge is -2.12. The van der Waals surface area contributed by atoms with E-state index in [1.54, 1.807) is 0 Å². The van der Waals surface area contributed by atoms with Crippen LogP contribution in [0.1, 0.15) is 22.5 Å². The summed E-state index contributed by atoms with van der Waals surface area (Å²) in [5, 5.41) is 12.4. The van der Waals surface area contributed by atoms with Gasteiger partial charge in [0, 0.05) is 18.5 Å². The van der Waals surface area contributed by atoms with Crippen molar-refractivity contribution in [1.29, 1.82) is 0 Å². The largest absolute Gasteiger partial charge is 0.435 e. The number of alkyl halides is 3. The van der Waals surface area contributed by atoms with E-state index in [1.165, 1.54) is 12.1 Å². The van der Waals surface area contributed by atoms with Crippen LogP contribution in [0.3, 0.4) is 0 Å². The van der Waals surface area contributed by atoms with E-state index in [1.807, 2.05) is 0 Å². The van der Waals surface area contributed by atoms with Crippen LogP contribution in [0.2, 0.25) is 15.1 Å². The Hall–Kier alpha value is -3.42. The third-order valence-corrected chi connectivity index (χ3v) is 6.07. The van der Waals surface area contributed by atoms with Gasteiger partial charge >= 0.3 is 6.18 Å². The maximum absolute atomic E-state index is 13.0. The second-order valence-electron chi connectivity index (χ2n) is 7.68. The minimum absolute atomic E-state index is 0.0125. The number of benzene rings is 1. The average molecular weight is 561 g/mol. The molecule has 1 atom stereocenters. The molecule has 1 aliphatic rings. The van der Waals surface area contributed by atoms with Gasteiger partial charge in [-0.05, 0) is 18.2 Å². The van der Waals surface area contributed by atoms with Gasteiger partial charge in [0.15, 0.2) is 11.3 Å². The summed E-state index contributed by atoms with van der Waals surface area (Å²) >= 11 is 18.6. The third-order valence-electron chi connectivity index (χ3n) is 5.17. The number of carbonyl (C=O) groups is 2. The first-order valence-electron chi connectivity index (χ1n) is 10.0. The quantitative estimate of drug-likeness (QED) is 0.386. The fourth-order valence-corrected chi connectivity index (χ4v) is 4.21. The molecule has 0 aliphatic carbocycles. The van der Waals surface area contributed by atoms with E-state index in [9.17, 15) is 22.8 Å². The van der Waals surface area contributed by atoms with Gasteiger partial charge in [-0.1, -0.05) is 40.0 Å². The van der Waals surface area contributed by atoms with Crippen LogP contribution >= 0.6 is 34.8 Å². The third kappa shape index (κ3) is 4.56. The van der Waals surface area contributed by atoms with Crippen molar-refractivity contribution in [2.75, 3.05) is 6.54 Å². The van der Waals surface area contributed by atoms with Gasteiger partial charge < -0.3 is 15.2 Å². The predicted octanol–water partition coefficient (Wildman–Crippen LogP) is 4.04. The predicted molar refractivity (Wildman–Crippen MR) is 121 cm³/mol. The highest BCUT2D eigenvalue weighted by Gasteiger charge is 2.34. The molecule has 0 bridgehead atoms. The van der Waals surface area contributed by atoms with Gasteiger partial charge in [-0.15, -0.1) is 0 Å². The van der Waals surface area contributed by atoms with Gasteiger partial charge in [-0.25, -0.2) is 9.50 Å². The normalized spacial score (nSPS) is 15.9. The highest BCUT2D eigenvalue weighted by molar-refractivity contribution is 6.37. The number of fused-ring (bicyclic) bond motifs is 1. The molecular formula is C20H11Cl3F3N7O3. The molecule has 1 aliphatic heterocycles. The number of carbonyl (C=O) groups excluding carboxylic acids is 2. The zero-order valence-electron chi connectivity index (χ0n) is 17.5. The van der Waals surface area contributed by atoms with E-state index in [4.69, 9.17) is 39.3 Å². The Morgan fingerprint density at radius 2 is 1.92 bits per heavy atom. The molecule has 10 nitrogen and oxygen atoms in total. The van der Waals surface area contributed by atoms with Crippen LogP contribution in [-0.2, 0) is 11.0 Å². The molecule has 4 aromatic rings. The number of nitrogens with zero attached hydrogens (tertiary/aromatic N) is 5.